The summed E-state index contributed by atoms with van der Waals surface area (Å²) < 4.78 is 41.0. The van der Waals surface area contributed by atoms with Gasteiger partial charge in [0.15, 0.2) is 0 Å². The minimum absolute atomic E-state index is 0.0819. The summed E-state index contributed by atoms with van der Waals surface area (Å²) in [6.45, 7) is 0. The van der Waals surface area contributed by atoms with Gasteiger partial charge in [-0.1, -0.05) is 40.9 Å². The van der Waals surface area contributed by atoms with Gasteiger partial charge in [-0.2, -0.15) is 0 Å². The Morgan fingerprint density at radius 3 is 2.16 bits per heavy atom. The number of anilines is 3. The number of carbonyl (C=O) groups excluding carboxylic acids is 2. The number of hydrogen-bond donors (Lipinski definition) is 3. The summed E-state index contributed by atoms with van der Waals surface area (Å²) in [7, 11) is 1.41. The van der Waals surface area contributed by atoms with E-state index in [1.165, 1.54) is 7.05 Å². The third-order valence-corrected chi connectivity index (χ3v) is 7.82. The number of halogens is 8. The number of amides is 2. The summed E-state index contributed by atoms with van der Waals surface area (Å²) in [5.74, 6) is -6.19. The molecule has 0 aromatic heterocycles. The highest BCUT2D eigenvalue weighted by molar-refractivity contribution is 6.53. The lowest BCUT2D eigenvalue weighted by Crippen LogP contribution is -2.19. The summed E-state index contributed by atoms with van der Waals surface area (Å²) in [4.78, 5) is 25.7. The van der Waals surface area contributed by atoms with Gasteiger partial charge in [0.25, 0.3) is 5.91 Å². The Morgan fingerprint density at radius 2 is 1.51 bits per heavy atom. The number of alkyl halides is 2. The summed E-state index contributed by atoms with van der Waals surface area (Å²) in [6, 6.07) is 8.30. The van der Waals surface area contributed by atoms with Crippen molar-refractivity contribution in [2.45, 2.75) is 10.3 Å². The van der Waals surface area contributed by atoms with Crippen LogP contribution in [-0.4, -0.2) is 23.2 Å². The molecular formula is C24H15Cl5F3N3O2. The van der Waals surface area contributed by atoms with Gasteiger partial charge in [0.2, 0.25) is 5.91 Å². The van der Waals surface area contributed by atoms with Crippen LogP contribution in [0.3, 0.4) is 0 Å². The fourth-order valence-electron chi connectivity index (χ4n) is 3.85. The molecule has 0 unspecified atom stereocenters. The molecule has 1 aliphatic rings. The fourth-order valence-corrected chi connectivity index (χ4v) is 5.18. The van der Waals surface area contributed by atoms with E-state index in [2.05, 4.69) is 16.0 Å². The van der Waals surface area contributed by atoms with E-state index in [1.54, 1.807) is 18.2 Å². The first-order chi connectivity index (χ1) is 17.3. The van der Waals surface area contributed by atoms with Crippen molar-refractivity contribution in [1.29, 1.82) is 0 Å². The third kappa shape index (κ3) is 5.45. The van der Waals surface area contributed by atoms with Crippen molar-refractivity contribution < 1.29 is 22.8 Å². The number of carbonyl (C=O) groups is 2. The second-order valence-corrected chi connectivity index (χ2v) is 10.8. The van der Waals surface area contributed by atoms with Crippen LogP contribution in [0.5, 0.6) is 0 Å². The molecule has 1 aliphatic carbocycles. The Hall–Kier alpha value is -2.36. The molecule has 0 heterocycles. The van der Waals surface area contributed by atoms with E-state index in [-0.39, 0.29) is 22.1 Å². The van der Waals surface area contributed by atoms with Crippen LogP contribution >= 0.6 is 58.0 Å². The van der Waals surface area contributed by atoms with E-state index in [0.29, 0.717) is 16.7 Å². The van der Waals surface area contributed by atoms with Gasteiger partial charge in [0, 0.05) is 24.7 Å². The lowest BCUT2D eigenvalue weighted by atomic mass is 10.1. The molecule has 2 amide bonds. The summed E-state index contributed by atoms with van der Waals surface area (Å²) in [6.07, 6.45) is 0. The zero-order valence-corrected chi connectivity index (χ0v) is 22.3. The summed E-state index contributed by atoms with van der Waals surface area (Å²) in [5, 5.41) is 7.19. The van der Waals surface area contributed by atoms with Crippen molar-refractivity contribution in [3.63, 3.8) is 0 Å². The van der Waals surface area contributed by atoms with Crippen LogP contribution in [0, 0.1) is 23.4 Å². The standard InChI is InChI=1S/C24H15Cl5F3N3O2/c1-33-17-8-18(15(31)7-14(17)30)35-22(36)11-5-10(6-16(32)21(11)27)34-23(37)20-19(24(20,28)29)9-2-3-12(25)13(26)4-9/h2-8,19-20,33H,1H3,(H,34,37)(H,35,36)/t19-,20+/m0/s1. The second kappa shape index (κ2) is 10.4. The van der Waals surface area contributed by atoms with Gasteiger partial charge in [0.1, 0.15) is 21.8 Å². The van der Waals surface area contributed by atoms with Gasteiger partial charge in [0.05, 0.1) is 37.9 Å². The quantitative estimate of drug-likeness (QED) is 0.249. The van der Waals surface area contributed by atoms with E-state index in [0.717, 1.165) is 18.2 Å². The van der Waals surface area contributed by atoms with Crippen molar-refractivity contribution in [1.82, 2.24) is 0 Å². The van der Waals surface area contributed by atoms with Crippen LogP contribution in [0.4, 0.5) is 30.2 Å². The number of benzene rings is 3. The molecule has 0 bridgehead atoms. The lowest BCUT2D eigenvalue weighted by Gasteiger charge is -2.13. The Labute approximate surface area is 234 Å². The predicted molar refractivity (Wildman–Crippen MR) is 141 cm³/mol. The molecule has 2 atom stereocenters. The van der Waals surface area contributed by atoms with Gasteiger partial charge in [-0.05, 0) is 35.9 Å². The molecule has 4 rings (SSSR count). The predicted octanol–water partition coefficient (Wildman–Crippen LogP) is 7.88. The Balaban J connectivity index is 1.56. The fraction of sp³-hybridized carbons (Fsp3) is 0.167. The van der Waals surface area contributed by atoms with Crippen molar-refractivity contribution in [2.24, 2.45) is 5.92 Å². The van der Waals surface area contributed by atoms with Crippen molar-refractivity contribution in [2.75, 3.05) is 23.0 Å². The molecule has 1 saturated carbocycles. The minimum Gasteiger partial charge on any atom is -0.386 e. The average molecular weight is 612 g/mol. The molecule has 3 aromatic rings. The van der Waals surface area contributed by atoms with Crippen LogP contribution < -0.4 is 16.0 Å². The zero-order valence-electron chi connectivity index (χ0n) is 18.5. The highest BCUT2D eigenvalue weighted by atomic mass is 35.5. The first-order valence-electron chi connectivity index (χ1n) is 10.5. The zero-order chi connectivity index (χ0) is 27.2. The van der Waals surface area contributed by atoms with Gasteiger partial charge < -0.3 is 16.0 Å². The SMILES string of the molecule is CNc1cc(NC(=O)c2cc(NC(=O)[C@H]3[C@H](c4ccc(Cl)c(Cl)c4)C3(Cl)Cl)cc(F)c2Cl)c(F)cc1F. The molecule has 3 aromatic carbocycles. The first-order valence-corrected chi connectivity index (χ1v) is 12.3. The van der Waals surface area contributed by atoms with Gasteiger partial charge >= 0.3 is 0 Å². The molecule has 0 spiro atoms. The van der Waals surface area contributed by atoms with E-state index >= 15 is 0 Å². The molecule has 5 nitrogen and oxygen atoms in total. The average Bonchev–Trinajstić information content (AvgIpc) is 3.41. The van der Waals surface area contributed by atoms with E-state index < -0.39 is 56.0 Å². The number of rotatable bonds is 6. The van der Waals surface area contributed by atoms with Crippen molar-refractivity contribution >= 4 is 86.9 Å². The molecule has 194 valence electrons. The van der Waals surface area contributed by atoms with Gasteiger partial charge in [-0.25, -0.2) is 13.2 Å². The van der Waals surface area contributed by atoms with Gasteiger partial charge in [-0.15, -0.1) is 23.2 Å². The van der Waals surface area contributed by atoms with Crippen molar-refractivity contribution in [3.8, 4) is 0 Å². The molecule has 37 heavy (non-hydrogen) atoms. The normalized spacial score (nSPS) is 17.8. The van der Waals surface area contributed by atoms with Crippen LogP contribution in [-0.2, 0) is 4.79 Å². The largest absolute Gasteiger partial charge is 0.386 e. The molecule has 1 fully saturated rings. The third-order valence-electron chi connectivity index (χ3n) is 5.75. The summed E-state index contributed by atoms with van der Waals surface area (Å²) >= 11 is 30.6. The topological polar surface area (TPSA) is 70.2 Å². The molecule has 0 aliphatic heterocycles. The maximum absolute atomic E-state index is 14.6. The monoisotopic (exact) mass is 609 g/mol. The van der Waals surface area contributed by atoms with Crippen molar-refractivity contribution in [3.05, 3.63) is 86.1 Å². The van der Waals surface area contributed by atoms with Crippen LogP contribution in [0.25, 0.3) is 0 Å². The number of nitrogens with one attached hydrogen (secondary N) is 3. The first kappa shape index (κ1) is 27.7. The van der Waals surface area contributed by atoms with Gasteiger partial charge in [-0.3, -0.25) is 9.59 Å². The maximum atomic E-state index is 14.6. The molecule has 0 radical (unpaired) electrons. The molecule has 0 saturated heterocycles. The number of hydrogen-bond acceptors (Lipinski definition) is 3. The van der Waals surface area contributed by atoms with E-state index in [1.807, 2.05) is 0 Å². The Bertz CT molecular complexity index is 1440. The Morgan fingerprint density at radius 1 is 0.838 bits per heavy atom. The maximum Gasteiger partial charge on any atom is 0.257 e. The Kier molecular flexibility index (Phi) is 7.79. The molecular weight excluding hydrogens is 597 g/mol. The lowest BCUT2D eigenvalue weighted by molar-refractivity contribution is -0.117. The van der Waals surface area contributed by atoms with Crippen LogP contribution in [0.1, 0.15) is 21.8 Å². The second-order valence-electron chi connectivity index (χ2n) is 8.13. The smallest absolute Gasteiger partial charge is 0.257 e. The van der Waals surface area contributed by atoms with E-state index in [9.17, 15) is 22.8 Å². The van der Waals surface area contributed by atoms with Crippen LogP contribution in [0.2, 0.25) is 15.1 Å². The summed E-state index contributed by atoms with van der Waals surface area (Å²) in [5.41, 5.74) is -0.424. The minimum atomic E-state index is -1.47. The molecule has 13 heteroatoms. The van der Waals surface area contributed by atoms with E-state index in [4.69, 9.17) is 58.0 Å². The highest BCUT2D eigenvalue weighted by Crippen LogP contribution is 2.65. The highest BCUT2D eigenvalue weighted by Gasteiger charge is 2.67. The molecule has 3 N–H and O–H groups in total. The van der Waals surface area contributed by atoms with Crippen LogP contribution in [0.15, 0.2) is 42.5 Å².